The minimum atomic E-state index is -0.0435. The van der Waals surface area contributed by atoms with Crippen LogP contribution in [0.4, 0.5) is 0 Å². The van der Waals surface area contributed by atoms with Crippen LogP contribution in [0.1, 0.15) is 18.1 Å². The zero-order chi connectivity index (χ0) is 17.8. The summed E-state index contributed by atoms with van der Waals surface area (Å²) < 4.78 is 16.5. The van der Waals surface area contributed by atoms with Crippen molar-refractivity contribution in [1.29, 1.82) is 0 Å². The predicted octanol–water partition coefficient (Wildman–Crippen LogP) is 3.06. The fourth-order valence-corrected chi connectivity index (χ4v) is 3.05. The number of amides is 1. The molecule has 0 spiro atoms. The number of rotatable bonds is 4. The average molecular weight is 341 g/mol. The molecule has 25 heavy (non-hydrogen) atoms. The molecular formula is C20H23NO4. The van der Waals surface area contributed by atoms with Crippen molar-refractivity contribution in [2.45, 2.75) is 26.0 Å². The van der Waals surface area contributed by atoms with Gasteiger partial charge in [-0.2, -0.15) is 0 Å². The molecule has 0 bridgehead atoms. The quantitative estimate of drug-likeness (QED) is 0.858. The summed E-state index contributed by atoms with van der Waals surface area (Å²) in [6.45, 7) is 3.12. The maximum atomic E-state index is 12.8. The van der Waals surface area contributed by atoms with E-state index in [1.807, 2.05) is 54.3 Å². The third-order valence-corrected chi connectivity index (χ3v) is 4.30. The number of methoxy groups -OCH3 is 2. The van der Waals surface area contributed by atoms with E-state index in [9.17, 15) is 4.79 Å². The Morgan fingerprint density at radius 3 is 2.68 bits per heavy atom. The van der Waals surface area contributed by atoms with Crippen molar-refractivity contribution in [3.8, 4) is 17.2 Å². The van der Waals surface area contributed by atoms with Gasteiger partial charge in [0.25, 0.3) is 0 Å². The van der Waals surface area contributed by atoms with E-state index in [1.165, 1.54) is 0 Å². The van der Waals surface area contributed by atoms with E-state index in [0.717, 1.165) is 16.9 Å². The number of ether oxygens (including phenoxy) is 3. The van der Waals surface area contributed by atoms with Crippen molar-refractivity contribution in [3.05, 3.63) is 53.6 Å². The lowest BCUT2D eigenvalue weighted by Crippen LogP contribution is -2.36. The third kappa shape index (κ3) is 3.87. The Morgan fingerprint density at radius 1 is 1.16 bits per heavy atom. The van der Waals surface area contributed by atoms with Gasteiger partial charge in [0.1, 0.15) is 11.9 Å². The Labute approximate surface area is 148 Å². The van der Waals surface area contributed by atoms with Gasteiger partial charge in [-0.15, -0.1) is 0 Å². The molecule has 2 aromatic carbocycles. The molecule has 0 saturated heterocycles. The first-order valence-corrected chi connectivity index (χ1v) is 8.34. The van der Waals surface area contributed by atoms with Crippen LogP contribution in [-0.2, 0) is 17.8 Å². The zero-order valence-corrected chi connectivity index (χ0v) is 14.8. The van der Waals surface area contributed by atoms with Gasteiger partial charge in [0.15, 0.2) is 11.5 Å². The van der Waals surface area contributed by atoms with E-state index >= 15 is 0 Å². The van der Waals surface area contributed by atoms with Crippen LogP contribution in [0.5, 0.6) is 17.2 Å². The number of carbonyl (C=O) groups is 1. The topological polar surface area (TPSA) is 48.0 Å². The monoisotopic (exact) mass is 341 g/mol. The molecule has 0 saturated carbocycles. The Bertz CT molecular complexity index is 759. The van der Waals surface area contributed by atoms with E-state index in [2.05, 4.69) is 0 Å². The molecule has 1 aliphatic rings. The summed E-state index contributed by atoms with van der Waals surface area (Å²) in [6.07, 6.45) is 0.271. The zero-order valence-electron chi connectivity index (χ0n) is 14.8. The number of para-hydroxylation sites is 1. The lowest BCUT2D eigenvalue weighted by atomic mass is 10.1. The Kier molecular flexibility index (Phi) is 5.12. The molecule has 0 aliphatic carbocycles. The van der Waals surface area contributed by atoms with Gasteiger partial charge >= 0.3 is 0 Å². The van der Waals surface area contributed by atoms with Crippen LogP contribution in [0.3, 0.4) is 0 Å². The molecule has 0 radical (unpaired) electrons. The second-order valence-electron chi connectivity index (χ2n) is 6.18. The average Bonchev–Trinajstić information content (AvgIpc) is 2.79. The van der Waals surface area contributed by atoms with Crippen LogP contribution < -0.4 is 14.2 Å². The molecule has 3 rings (SSSR count). The van der Waals surface area contributed by atoms with E-state index in [-0.39, 0.29) is 12.0 Å². The van der Waals surface area contributed by atoms with E-state index < -0.39 is 0 Å². The highest BCUT2D eigenvalue weighted by Gasteiger charge is 2.23. The fraction of sp³-hybridized carbons (Fsp3) is 0.350. The molecule has 1 amide bonds. The van der Waals surface area contributed by atoms with Crippen molar-refractivity contribution >= 4 is 5.91 Å². The molecule has 1 atom stereocenters. The number of hydrogen-bond acceptors (Lipinski definition) is 4. The minimum Gasteiger partial charge on any atom is -0.493 e. The van der Waals surface area contributed by atoms with Crippen molar-refractivity contribution in [3.63, 3.8) is 0 Å². The van der Waals surface area contributed by atoms with Crippen molar-refractivity contribution < 1.29 is 19.0 Å². The van der Waals surface area contributed by atoms with Crippen molar-refractivity contribution in [1.82, 2.24) is 4.90 Å². The number of fused-ring (bicyclic) bond motifs is 1. The normalized spacial score (nSPS) is 16.4. The third-order valence-electron chi connectivity index (χ3n) is 4.30. The first-order valence-electron chi connectivity index (χ1n) is 8.34. The summed E-state index contributed by atoms with van der Waals surface area (Å²) in [5, 5.41) is 0. The van der Waals surface area contributed by atoms with Gasteiger partial charge in [-0.3, -0.25) is 4.79 Å². The fourth-order valence-electron chi connectivity index (χ4n) is 3.05. The molecular weight excluding hydrogens is 318 g/mol. The van der Waals surface area contributed by atoms with Crippen LogP contribution in [-0.4, -0.2) is 37.7 Å². The van der Waals surface area contributed by atoms with Gasteiger partial charge in [0.2, 0.25) is 5.91 Å². The Hall–Kier alpha value is -2.69. The van der Waals surface area contributed by atoms with Crippen LogP contribution in [0.2, 0.25) is 0 Å². The summed E-state index contributed by atoms with van der Waals surface area (Å²) in [7, 11) is 3.19. The summed E-state index contributed by atoms with van der Waals surface area (Å²) in [5.74, 6) is 2.21. The summed E-state index contributed by atoms with van der Waals surface area (Å²) in [6, 6.07) is 13.4. The summed E-state index contributed by atoms with van der Waals surface area (Å²) in [4.78, 5) is 14.7. The van der Waals surface area contributed by atoms with Crippen LogP contribution >= 0.6 is 0 Å². The number of benzene rings is 2. The van der Waals surface area contributed by atoms with Crippen molar-refractivity contribution in [2.75, 3.05) is 20.8 Å². The molecule has 5 nitrogen and oxygen atoms in total. The predicted molar refractivity (Wildman–Crippen MR) is 95.2 cm³/mol. The van der Waals surface area contributed by atoms with Gasteiger partial charge in [-0.1, -0.05) is 24.3 Å². The minimum absolute atomic E-state index is 0.0435. The number of nitrogens with zero attached hydrogens (tertiary/aromatic N) is 1. The van der Waals surface area contributed by atoms with Crippen LogP contribution in [0.25, 0.3) is 0 Å². The highest BCUT2D eigenvalue weighted by Crippen LogP contribution is 2.29. The smallest absolute Gasteiger partial charge is 0.227 e. The largest absolute Gasteiger partial charge is 0.493 e. The molecule has 0 aromatic heterocycles. The second kappa shape index (κ2) is 7.47. The summed E-state index contributed by atoms with van der Waals surface area (Å²) in [5.41, 5.74) is 1.93. The number of carbonyl (C=O) groups excluding carboxylic acids is 1. The molecule has 2 aromatic rings. The van der Waals surface area contributed by atoms with Gasteiger partial charge in [0.05, 0.1) is 27.2 Å². The molecule has 132 valence electrons. The van der Waals surface area contributed by atoms with E-state index in [1.54, 1.807) is 14.2 Å². The highest BCUT2D eigenvalue weighted by atomic mass is 16.5. The van der Waals surface area contributed by atoms with Crippen molar-refractivity contribution in [2.24, 2.45) is 0 Å². The Balaban J connectivity index is 1.77. The molecule has 5 heteroatoms. The van der Waals surface area contributed by atoms with E-state index in [4.69, 9.17) is 14.2 Å². The summed E-state index contributed by atoms with van der Waals surface area (Å²) >= 11 is 0. The first-order chi connectivity index (χ1) is 12.1. The van der Waals surface area contributed by atoms with Gasteiger partial charge in [-0.25, -0.2) is 0 Å². The maximum absolute atomic E-state index is 12.8. The standard InChI is InChI=1S/C20H23NO4/c1-14-12-21(13-16-6-4-5-7-17(16)25-14)20(22)11-15-8-9-18(23-2)19(10-15)24-3/h4-10,14H,11-13H2,1-3H3. The lowest BCUT2D eigenvalue weighted by Gasteiger charge is -2.22. The lowest BCUT2D eigenvalue weighted by molar-refractivity contribution is -0.131. The molecule has 0 fully saturated rings. The molecule has 0 N–H and O–H groups in total. The van der Waals surface area contributed by atoms with Gasteiger partial charge in [-0.05, 0) is 30.7 Å². The van der Waals surface area contributed by atoms with Gasteiger partial charge in [0, 0.05) is 12.1 Å². The maximum Gasteiger partial charge on any atom is 0.227 e. The molecule has 1 unspecified atom stereocenters. The van der Waals surface area contributed by atoms with Gasteiger partial charge < -0.3 is 19.1 Å². The van der Waals surface area contributed by atoms with Crippen LogP contribution in [0, 0.1) is 0 Å². The highest BCUT2D eigenvalue weighted by molar-refractivity contribution is 5.79. The molecule has 1 aliphatic heterocycles. The second-order valence-corrected chi connectivity index (χ2v) is 6.18. The van der Waals surface area contributed by atoms with E-state index in [0.29, 0.717) is 31.0 Å². The Morgan fingerprint density at radius 2 is 1.92 bits per heavy atom. The SMILES string of the molecule is COc1ccc(CC(=O)N2Cc3ccccc3OC(C)C2)cc1OC. The number of hydrogen-bond donors (Lipinski definition) is 0. The first kappa shape index (κ1) is 17.1. The molecule has 1 heterocycles. The van der Waals surface area contributed by atoms with Crippen LogP contribution in [0.15, 0.2) is 42.5 Å².